The number of anilines is 2. The summed E-state index contributed by atoms with van der Waals surface area (Å²) in [6.45, 7) is 0.613. The zero-order valence-electron chi connectivity index (χ0n) is 14.5. The van der Waals surface area contributed by atoms with Crippen LogP contribution in [0.25, 0.3) is 0 Å². The molecule has 4 rings (SSSR count). The number of nitrogens with one attached hydrogen (secondary N) is 2. The minimum absolute atomic E-state index is 0.0659. The van der Waals surface area contributed by atoms with Crippen molar-refractivity contribution in [3.63, 3.8) is 0 Å². The van der Waals surface area contributed by atoms with Crippen LogP contribution >= 0.6 is 0 Å². The van der Waals surface area contributed by atoms with Gasteiger partial charge in [0.05, 0.1) is 18.7 Å². The van der Waals surface area contributed by atoms with E-state index in [2.05, 4.69) is 15.7 Å². The molecule has 0 aliphatic carbocycles. The summed E-state index contributed by atoms with van der Waals surface area (Å²) in [4.78, 5) is 24.5. The van der Waals surface area contributed by atoms with Crippen LogP contribution in [0.15, 0.2) is 67.0 Å². The molecule has 0 spiro atoms. The van der Waals surface area contributed by atoms with Crippen molar-refractivity contribution >= 4 is 23.2 Å². The zero-order chi connectivity index (χ0) is 18.6. The van der Waals surface area contributed by atoms with Gasteiger partial charge < -0.3 is 15.4 Å². The molecule has 1 aliphatic heterocycles. The molecular formula is C20H18N4O3. The Labute approximate surface area is 156 Å². The van der Waals surface area contributed by atoms with Crippen LogP contribution in [0.2, 0.25) is 0 Å². The van der Waals surface area contributed by atoms with Gasteiger partial charge in [0.2, 0.25) is 5.91 Å². The van der Waals surface area contributed by atoms with Crippen LogP contribution in [0, 0.1) is 0 Å². The quantitative estimate of drug-likeness (QED) is 0.731. The van der Waals surface area contributed by atoms with Crippen LogP contribution in [0.5, 0.6) is 5.75 Å². The molecule has 2 N–H and O–H groups in total. The Bertz CT molecular complexity index is 969. The number of rotatable bonds is 5. The third kappa shape index (κ3) is 3.98. The normalized spacial score (nSPS) is 15.4. The molecule has 7 nitrogen and oxygen atoms in total. The topological polar surface area (TPSA) is 85.2 Å². The van der Waals surface area contributed by atoms with Crippen molar-refractivity contribution in [2.75, 3.05) is 10.6 Å². The fraction of sp³-hybridized carbons (Fsp3) is 0.150. The molecule has 0 fully saturated rings. The smallest absolute Gasteiger partial charge is 0.266 e. The van der Waals surface area contributed by atoms with Crippen molar-refractivity contribution < 1.29 is 14.3 Å². The average Bonchev–Trinajstić information content (AvgIpc) is 3.15. The van der Waals surface area contributed by atoms with Gasteiger partial charge in [0.1, 0.15) is 5.75 Å². The van der Waals surface area contributed by atoms with Crippen molar-refractivity contribution in [2.45, 2.75) is 19.1 Å². The van der Waals surface area contributed by atoms with E-state index >= 15 is 0 Å². The number of hydrogen-bond donors (Lipinski definition) is 2. The van der Waals surface area contributed by atoms with E-state index in [9.17, 15) is 9.59 Å². The highest BCUT2D eigenvalue weighted by Crippen LogP contribution is 2.29. The standard InChI is InChI=1S/C20H18N4O3/c25-19(12-18-20(26)23-16-7-1-2-8-17(16)27-18)22-15-6-3-5-14(11-15)13-24-10-4-9-21-24/h1-11,18H,12-13H2,(H,22,25)(H,23,26). The van der Waals surface area contributed by atoms with E-state index in [0.29, 0.717) is 23.7 Å². The molecule has 0 saturated heterocycles. The number of carbonyl (C=O) groups is 2. The maximum absolute atomic E-state index is 12.4. The van der Waals surface area contributed by atoms with Gasteiger partial charge in [0, 0.05) is 18.1 Å². The number of hydrogen-bond acceptors (Lipinski definition) is 4. The molecular weight excluding hydrogens is 344 g/mol. The molecule has 27 heavy (non-hydrogen) atoms. The van der Waals surface area contributed by atoms with Gasteiger partial charge in [0.15, 0.2) is 6.10 Å². The van der Waals surface area contributed by atoms with Gasteiger partial charge in [-0.05, 0) is 35.9 Å². The van der Waals surface area contributed by atoms with Crippen molar-refractivity contribution in [2.24, 2.45) is 0 Å². The molecule has 1 unspecified atom stereocenters. The first-order valence-electron chi connectivity index (χ1n) is 8.60. The Balaban J connectivity index is 1.39. The first kappa shape index (κ1) is 16.8. The lowest BCUT2D eigenvalue weighted by Crippen LogP contribution is -2.39. The monoisotopic (exact) mass is 362 g/mol. The predicted molar refractivity (Wildman–Crippen MR) is 101 cm³/mol. The molecule has 3 aromatic rings. The molecule has 2 heterocycles. The van der Waals surface area contributed by atoms with E-state index in [1.54, 1.807) is 23.0 Å². The highest BCUT2D eigenvalue weighted by atomic mass is 16.5. The number of ether oxygens (including phenoxy) is 1. The molecule has 0 radical (unpaired) electrons. The van der Waals surface area contributed by atoms with E-state index in [-0.39, 0.29) is 18.2 Å². The lowest BCUT2D eigenvalue weighted by atomic mass is 10.1. The fourth-order valence-electron chi connectivity index (χ4n) is 2.94. The second kappa shape index (κ2) is 7.33. The molecule has 136 valence electrons. The van der Waals surface area contributed by atoms with Gasteiger partial charge >= 0.3 is 0 Å². The molecule has 0 saturated carbocycles. The van der Waals surface area contributed by atoms with E-state index in [0.717, 1.165) is 5.56 Å². The summed E-state index contributed by atoms with van der Waals surface area (Å²) in [7, 11) is 0. The Morgan fingerprint density at radius 1 is 1.19 bits per heavy atom. The van der Waals surface area contributed by atoms with Gasteiger partial charge in [0.25, 0.3) is 5.91 Å². The molecule has 1 aliphatic rings. The maximum atomic E-state index is 12.4. The highest BCUT2D eigenvalue weighted by molar-refractivity contribution is 6.01. The van der Waals surface area contributed by atoms with Gasteiger partial charge in [-0.15, -0.1) is 0 Å². The lowest BCUT2D eigenvalue weighted by molar-refractivity contribution is -0.128. The van der Waals surface area contributed by atoms with E-state index in [1.807, 2.05) is 48.7 Å². The van der Waals surface area contributed by atoms with Crippen LogP contribution in [-0.2, 0) is 16.1 Å². The predicted octanol–water partition coefficient (Wildman–Crippen LogP) is 2.66. The van der Waals surface area contributed by atoms with Gasteiger partial charge in [-0.25, -0.2) is 0 Å². The van der Waals surface area contributed by atoms with Gasteiger partial charge in [-0.2, -0.15) is 5.10 Å². The number of benzene rings is 2. The van der Waals surface area contributed by atoms with Gasteiger partial charge in [-0.1, -0.05) is 24.3 Å². The Morgan fingerprint density at radius 2 is 2.07 bits per heavy atom. The van der Waals surface area contributed by atoms with Crippen molar-refractivity contribution in [1.82, 2.24) is 9.78 Å². The van der Waals surface area contributed by atoms with Crippen molar-refractivity contribution in [3.05, 3.63) is 72.6 Å². The number of aromatic nitrogens is 2. The third-order valence-corrected chi connectivity index (χ3v) is 4.19. The largest absolute Gasteiger partial charge is 0.478 e. The molecule has 1 aromatic heterocycles. The van der Waals surface area contributed by atoms with E-state index in [4.69, 9.17) is 4.74 Å². The van der Waals surface area contributed by atoms with E-state index in [1.165, 1.54) is 0 Å². The lowest BCUT2D eigenvalue weighted by Gasteiger charge is -2.25. The van der Waals surface area contributed by atoms with Crippen LogP contribution in [0.1, 0.15) is 12.0 Å². The summed E-state index contributed by atoms with van der Waals surface area (Å²) in [5, 5.41) is 9.76. The highest BCUT2D eigenvalue weighted by Gasteiger charge is 2.29. The van der Waals surface area contributed by atoms with Crippen LogP contribution < -0.4 is 15.4 Å². The van der Waals surface area contributed by atoms with Gasteiger partial charge in [-0.3, -0.25) is 14.3 Å². The Kier molecular flexibility index (Phi) is 4.57. The third-order valence-electron chi connectivity index (χ3n) is 4.19. The summed E-state index contributed by atoms with van der Waals surface area (Å²) in [5.74, 6) is -0.0434. The summed E-state index contributed by atoms with van der Waals surface area (Å²) in [5.41, 5.74) is 2.30. The summed E-state index contributed by atoms with van der Waals surface area (Å²) in [6, 6.07) is 16.5. The summed E-state index contributed by atoms with van der Waals surface area (Å²) < 4.78 is 7.47. The van der Waals surface area contributed by atoms with Crippen molar-refractivity contribution in [1.29, 1.82) is 0 Å². The molecule has 7 heteroatoms. The molecule has 2 amide bonds. The van der Waals surface area contributed by atoms with E-state index < -0.39 is 6.10 Å². The number of nitrogens with zero attached hydrogens (tertiary/aromatic N) is 2. The minimum Gasteiger partial charge on any atom is -0.478 e. The zero-order valence-corrected chi connectivity index (χ0v) is 14.5. The van der Waals surface area contributed by atoms with Crippen LogP contribution in [0.3, 0.4) is 0 Å². The maximum Gasteiger partial charge on any atom is 0.266 e. The first-order chi connectivity index (χ1) is 13.2. The summed E-state index contributed by atoms with van der Waals surface area (Å²) in [6.07, 6.45) is 2.68. The Hall–Kier alpha value is -3.61. The molecule has 0 bridgehead atoms. The number of fused-ring (bicyclic) bond motifs is 1. The Morgan fingerprint density at radius 3 is 2.93 bits per heavy atom. The average molecular weight is 362 g/mol. The van der Waals surface area contributed by atoms with Crippen molar-refractivity contribution in [3.8, 4) is 5.75 Å². The second-order valence-corrected chi connectivity index (χ2v) is 6.25. The number of amides is 2. The van der Waals surface area contributed by atoms with Crippen LogP contribution in [0.4, 0.5) is 11.4 Å². The fourth-order valence-corrected chi connectivity index (χ4v) is 2.94. The number of carbonyl (C=O) groups excluding carboxylic acids is 2. The number of para-hydroxylation sites is 2. The second-order valence-electron chi connectivity index (χ2n) is 6.25. The SMILES string of the molecule is O=C(CC1Oc2ccccc2NC1=O)Nc1cccc(Cn2cccn2)c1. The van der Waals surface area contributed by atoms with Crippen LogP contribution in [-0.4, -0.2) is 27.7 Å². The molecule has 2 aromatic carbocycles. The summed E-state index contributed by atoms with van der Waals surface area (Å²) >= 11 is 0. The minimum atomic E-state index is -0.854. The molecule has 1 atom stereocenters. The first-order valence-corrected chi connectivity index (χ1v) is 8.60.